The van der Waals surface area contributed by atoms with Crippen molar-refractivity contribution in [1.29, 1.82) is 0 Å². The van der Waals surface area contributed by atoms with Crippen molar-refractivity contribution in [3.8, 4) is 0 Å². The number of sulfonamides is 1. The summed E-state index contributed by atoms with van der Waals surface area (Å²) in [7, 11) is -3.64. The summed E-state index contributed by atoms with van der Waals surface area (Å²) in [6, 6.07) is 4.88. The van der Waals surface area contributed by atoms with E-state index in [1.54, 1.807) is 30.2 Å². The number of nitrogens with zero attached hydrogens (tertiary/aromatic N) is 4. The lowest BCUT2D eigenvalue weighted by molar-refractivity contribution is 0.0696. The van der Waals surface area contributed by atoms with Crippen molar-refractivity contribution < 1.29 is 13.2 Å². The van der Waals surface area contributed by atoms with Crippen LogP contribution in [0.2, 0.25) is 5.02 Å². The van der Waals surface area contributed by atoms with Gasteiger partial charge in [0.05, 0.1) is 22.3 Å². The fourth-order valence-electron chi connectivity index (χ4n) is 3.89. The fraction of sp³-hybridized carbons (Fsp3) is 0.474. The van der Waals surface area contributed by atoms with Gasteiger partial charge >= 0.3 is 0 Å². The smallest absolute Gasteiger partial charge is 0.257 e. The number of hydrogen-bond acceptors (Lipinski definition) is 4. The molecular formula is C19H23ClN4O3S. The molecule has 2 aromatic rings. The topological polar surface area (TPSA) is 75.5 Å². The van der Waals surface area contributed by atoms with Crippen LogP contribution in [0.25, 0.3) is 0 Å². The summed E-state index contributed by atoms with van der Waals surface area (Å²) < 4.78 is 29.4. The number of piperazine rings is 1. The highest BCUT2D eigenvalue weighted by Gasteiger charge is 2.32. The fourth-order valence-corrected chi connectivity index (χ4v) is 5.80. The molecule has 0 unspecified atom stereocenters. The Morgan fingerprint density at radius 2 is 1.86 bits per heavy atom. The summed E-state index contributed by atoms with van der Waals surface area (Å²) in [5.41, 5.74) is 2.32. The Hall–Kier alpha value is -1.90. The maximum atomic E-state index is 13.0. The van der Waals surface area contributed by atoms with E-state index in [1.165, 1.54) is 10.4 Å². The Balaban J connectivity index is 1.48. The standard InChI is InChI=1S/C19H23ClN4O3S/c1-14-5-6-15(20)12-18(14)28(26,27)23-10-8-22(9-11-23)19(25)16-13-21-24-7-3-2-4-17(16)24/h5-6,12-13H,2-4,7-11H2,1H3. The molecule has 0 aliphatic carbocycles. The molecule has 0 radical (unpaired) electrons. The average Bonchev–Trinajstić information content (AvgIpc) is 3.13. The molecule has 2 aliphatic rings. The van der Waals surface area contributed by atoms with Crippen molar-refractivity contribution in [2.75, 3.05) is 26.2 Å². The molecule has 1 aromatic carbocycles. The van der Waals surface area contributed by atoms with Crippen LogP contribution in [0, 0.1) is 6.92 Å². The van der Waals surface area contributed by atoms with Crippen molar-refractivity contribution in [3.05, 3.63) is 46.2 Å². The Labute approximate surface area is 169 Å². The maximum absolute atomic E-state index is 13.0. The van der Waals surface area contributed by atoms with E-state index in [-0.39, 0.29) is 23.9 Å². The number of hydrogen-bond donors (Lipinski definition) is 0. The lowest BCUT2D eigenvalue weighted by Crippen LogP contribution is -2.50. The van der Waals surface area contributed by atoms with Crippen molar-refractivity contribution in [2.24, 2.45) is 0 Å². The molecule has 1 aromatic heterocycles. The molecule has 0 atom stereocenters. The zero-order valence-corrected chi connectivity index (χ0v) is 17.3. The quantitative estimate of drug-likeness (QED) is 0.760. The van der Waals surface area contributed by atoms with Crippen molar-refractivity contribution in [3.63, 3.8) is 0 Å². The number of aryl methyl sites for hydroxylation is 2. The molecule has 9 heteroatoms. The van der Waals surface area contributed by atoms with Gasteiger partial charge < -0.3 is 4.90 Å². The van der Waals surface area contributed by atoms with Crippen molar-refractivity contribution >= 4 is 27.5 Å². The second-order valence-electron chi connectivity index (χ2n) is 7.29. The Morgan fingerprint density at radius 3 is 2.61 bits per heavy atom. The predicted octanol–water partition coefficient (Wildman–Crippen LogP) is 2.33. The van der Waals surface area contributed by atoms with E-state index < -0.39 is 10.0 Å². The molecule has 0 spiro atoms. The van der Waals surface area contributed by atoms with Crippen LogP contribution in [0.3, 0.4) is 0 Å². The molecule has 7 nitrogen and oxygen atoms in total. The van der Waals surface area contributed by atoms with Crippen LogP contribution in [-0.2, 0) is 23.0 Å². The lowest BCUT2D eigenvalue weighted by atomic mass is 10.1. The van der Waals surface area contributed by atoms with E-state index in [0.717, 1.165) is 31.5 Å². The summed E-state index contributed by atoms with van der Waals surface area (Å²) in [5, 5.41) is 4.73. The number of aromatic nitrogens is 2. The summed E-state index contributed by atoms with van der Waals surface area (Å²) in [6.07, 6.45) is 4.67. The monoisotopic (exact) mass is 422 g/mol. The molecule has 1 amide bonds. The van der Waals surface area contributed by atoms with E-state index in [4.69, 9.17) is 11.6 Å². The molecule has 28 heavy (non-hydrogen) atoms. The highest BCUT2D eigenvalue weighted by molar-refractivity contribution is 7.89. The summed E-state index contributed by atoms with van der Waals surface area (Å²) in [4.78, 5) is 14.9. The van der Waals surface area contributed by atoms with Crippen LogP contribution in [0.5, 0.6) is 0 Å². The summed E-state index contributed by atoms with van der Waals surface area (Å²) in [6.45, 7) is 3.87. The third-order valence-electron chi connectivity index (χ3n) is 5.51. The predicted molar refractivity (Wildman–Crippen MR) is 106 cm³/mol. The molecule has 1 saturated heterocycles. The van der Waals surface area contributed by atoms with E-state index in [9.17, 15) is 13.2 Å². The van der Waals surface area contributed by atoms with Crippen LogP contribution < -0.4 is 0 Å². The summed E-state index contributed by atoms with van der Waals surface area (Å²) >= 11 is 6.00. The van der Waals surface area contributed by atoms with Crippen LogP contribution >= 0.6 is 11.6 Å². The highest BCUT2D eigenvalue weighted by Crippen LogP contribution is 2.25. The zero-order chi connectivity index (χ0) is 19.9. The summed E-state index contributed by atoms with van der Waals surface area (Å²) in [5.74, 6) is -0.0564. The van der Waals surface area contributed by atoms with Gasteiger partial charge in [0.15, 0.2) is 0 Å². The SMILES string of the molecule is Cc1ccc(Cl)cc1S(=O)(=O)N1CCN(C(=O)c2cnn3c2CCCC3)CC1. The third-order valence-corrected chi connectivity index (χ3v) is 7.78. The maximum Gasteiger partial charge on any atom is 0.257 e. The van der Waals surface area contributed by atoms with E-state index in [1.807, 2.05) is 4.68 Å². The number of rotatable bonds is 3. The van der Waals surface area contributed by atoms with Gasteiger partial charge in [0, 0.05) is 37.7 Å². The van der Waals surface area contributed by atoms with Gasteiger partial charge in [0.2, 0.25) is 10.0 Å². The number of halogens is 1. The van der Waals surface area contributed by atoms with Gasteiger partial charge in [-0.05, 0) is 43.9 Å². The molecule has 0 saturated carbocycles. The number of fused-ring (bicyclic) bond motifs is 1. The molecule has 0 N–H and O–H groups in total. The van der Waals surface area contributed by atoms with E-state index in [2.05, 4.69) is 5.10 Å². The van der Waals surface area contributed by atoms with Gasteiger partial charge in [-0.15, -0.1) is 0 Å². The first-order valence-electron chi connectivity index (χ1n) is 9.48. The van der Waals surface area contributed by atoms with Crippen LogP contribution in [0.4, 0.5) is 0 Å². The first kappa shape index (κ1) is 19.4. The number of carbonyl (C=O) groups excluding carboxylic acids is 1. The second kappa shape index (κ2) is 7.50. The highest BCUT2D eigenvalue weighted by atomic mass is 35.5. The number of amides is 1. The van der Waals surface area contributed by atoms with Crippen LogP contribution in [-0.4, -0.2) is 59.5 Å². The molecule has 1 fully saturated rings. The van der Waals surface area contributed by atoms with Gasteiger partial charge in [-0.2, -0.15) is 9.40 Å². The lowest BCUT2D eigenvalue weighted by Gasteiger charge is -2.34. The first-order chi connectivity index (χ1) is 13.4. The van der Waals surface area contributed by atoms with Gasteiger partial charge in [0.25, 0.3) is 5.91 Å². The number of benzene rings is 1. The Morgan fingerprint density at radius 1 is 1.11 bits per heavy atom. The first-order valence-corrected chi connectivity index (χ1v) is 11.3. The Kier molecular flexibility index (Phi) is 5.20. The van der Waals surface area contributed by atoms with Crippen molar-refractivity contribution in [2.45, 2.75) is 37.6 Å². The third kappa shape index (κ3) is 3.44. The molecule has 4 rings (SSSR count). The normalized spacial score (nSPS) is 18.1. The molecule has 150 valence electrons. The van der Waals surface area contributed by atoms with Crippen LogP contribution in [0.1, 0.15) is 34.5 Å². The average molecular weight is 423 g/mol. The Bertz CT molecular complexity index is 1010. The largest absolute Gasteiger partial charge is 0.336 e. The van der Waals surface area contributed by atoms with Gasteiger partial charge in [-0.3, -0.25) is 9.48 Å². The van der Waals surface area contributed by atoms with E-state index >= 15 is 0 Å². The molecular weight excluding hydrogens is 400 g/mol. The van der Waals surface area contributed by atoms with Gasteiger partial charge in [0.1, 0.15) is 0 Å². The van der Waals surface area contributed by atoms with Gasteiger partial charge in [-0.25, -0.2) is 8.42 Å². The van der Waals surface area contributed by atoms with Crippen molar-refractivity contribution in [1.82, 2.24) is 19.0 Å². The molecule has 2 aliphatic heterocycles. The minimum Gasteiger partial charge on any atom is -0.336 e. The number of carbonyl (C=O) groups is 1. The van der Waals surface area contributed by atoms with Crippen LogP contribution in [0.15, 0.2) is 29.3 Å². The molecule has 0 bridgehead atoms. The van der Waals surface area contributed by atoms with Gasteiger partial charge in [-0.1, -0.05) is 17.7 Å². The zero-order valence-electron chi connectivity index (χ0n) is 15.8. The minimum atomic E-state index is -3.64. The molecule has 3 heterocycles. The minimum absolute atomic E-state index is 0.0564. The second-order valence-corrected chi connectivity index (χ2v) is 9.63. The van der Waals surface area contributed by atoms with E-state index in [0.29, 0.717) is 29.2 Å².